The summed E-state index contributed by atoms with van der Waals surface area (Å²) in [6, 6.07) is 15.7. The van der Waals surface area contributed by atoms with Gasteiger partial charge in [0.25, 0.3) is 0 Å². The number of hydrogen-bond donors (Lipinski definition) is 1. The molecule has 0 saturated heterocycles. The van der Waals surface area contributed by atoms with Gasteiger partial charge in [-0.15, -0.1) is 0 Å². The smallest absolute Gasteiger partial charge is 0.121 e. The second kappa shape index (κ2) is 7.78. The SMILES string of the molecule is COCCOc1cccc(NCc2ccc(Cl)cc2)c1. The van der Waals surface area contributed by atoms with Gasteiger partial charge in [-0.3, -0.25) is 0 Å². The van der Waals surface area contributed by atoms with Crippen LogP contribution in [0.3, 0.4) is 0 Å². The van der Waals surface area contributed by atoms with Crippen LogP contribution in [0.5, 0.6) is 5.75 Å². The van der Waals surface area contributed by atoms with Gasteiger partial charge in [-0.05, 0) is 29.8 Å². The van der Waals surface area contributed by atoms with E-state index < -0.39 is 0 Å². The monoisotopic (exact) mass is 291 g/mol. The van der Waals surface area contributed by atoms with Crippen molar-refractivity contribution in [1.29, 1.82) is 0 Å². The summed E-state index contributed by atoms with van der Waals surface area (Å²) in [6.45, 7) is 1.89. The van der Waals surface area contributed by atoms with Crippen LogP contribution in [0.15, 0.2) is 48.5 Å². The van der Waals surface area contributed by atoms with Crippen LogP contribution in [-0.2, 0) is 11.3 Å². The third kappa shape index (κ3) is 4.76. The van der Waals surface area contributed by atoms with E-state index in [0.29, 0.717) is 13.2 Å². The predicted molar refractivity (Wildman–Crippen MR) is 82.6 cm³/mol. The summed E-state index contributed by atoms with van der Waals surface area (Å²) in [5.41, 5.74) is 2.20. The number of nitrogens with one attached hydrogen (secondary N) is 1. The van der Waals surface area contributed by atoms with Crippen molar-refractivity contribution in [2.24, 2.45) is 0 Å². The minimum Gasteiger partial charge on any atom is -0.491 e. The summed E-state index contributed by atoms with van der Waals surface area (Å²) >= 11 is 5.86. The predicted octanol–water partition coefficient (Wildman–Crippen LogP) is 3.98. The Balaban J connectivity index is 1.89. The van der Waals surface area contributed by atoms with E-state index in [1.54, 1.807) is 7.11 Å². The summed E-state index contributed by atoms with van der Waals surface area (Å²) in [5.74, 6) is 0.836. The van der Waals surface area contributed by atoms with E-state index >= 15 is 0 Å². The molecule has 0 radical (unpaired) electrons. The minimum atomic E-state index is 0.553. The van der Waals surface area contributed by atoms with Crippen LogP contribution in [0.4, 0.5) is 5.69 Å². The van der Waals surface area contributed by atoms with Crippen molar-refractivity contribution in [1.82, 2.24) is 0 Å². The van der Waals surface area contributed by atoms with Gasteiger partial charge in [-0.25, -0.2) is 0 Å². The molecule has 0 fully saturated rings. The van der Waals surface area contributed by atoms with E-state index in [0.717, 1.165) is 23.0 Å². The number of methoxy groups -OCH3 is 1. The van der Waals surface area contributed by atoms with Crippen molar-refractivity contribution in [3.05, 3.63) is 59.1 Å². The molecule has 0 unspecified atom stereocenters. The van der Waals surface area contributed by atoms with Gasteiger partial charge in [0.2, 0.25) is 0 Å². The van der Waals surface area contributed by atoms with E-state index in [-0.39, 0.29) is 0 Å². The average Bonchev–Trinajstić information content (AvgIpc) is 2.47. The van der Waals surface area contributed by atoms with Gasteiger partial charge in [0.05, 0.1) is 6.61 Å². The van der Waals surface area contributed by atoms with Crippen molar-refractivity contribution >= 4 is 17.3 Å². The summed E-state index contributed by atoms with van der Waals surface area (Å²) in [7, 11) is 1.66. The molecular formula is C16H18ClNO2. The first kappa shape index (κ1) is 14.7. The van der Waals surface area contributed by atoms with Gasteiger partial charge < -0.3 is 14.8 Å². The lowest BCUT2D eigenvalue weighted by molar-refractivity contribution is 0.146. The Kier molecular flexibility index (Phi) is 5.71. The van der Waals surface area contributed by atoms with E-state index in [1.807, 2.05) is 48.5 Å². The Morgan fingerprint density at radius 3 is 2.60 bits per heavy atom. The maximum atomic E-state index is 5.86. The van der Waals surface area contributed by atoms with Crippen LogP contribution in [0.1, 0.15) is 5.56 Å². The summed E-state index contributed by atoms with van der Waals surface area (Å²) < 4.78 is 10.5. The van der Waals surface area contributed by atoms with Crippen molar-refractivity contribution in [3.63, 3.8) is 0 Å². The largest absolute Gasteiger partial charge is 0.491 e. The van der Waals surface area contributed by atoms with Gasteiger partial charge in [0.15, 0.2) is 0 Å². The van der Waals surface area contributed by atoms with E-state index in [2.05, 4.69) is 5.32 Å². The first-order valence-electron chi connectivity index (χ1n) is 6.48. The molecule has 0 saturated carbocycles. The van der Waals surface area contributed by atoms with Crippen molar-refractivity contribution in [3.8, 4) is 5.75 Å². The second-order valence-electron chi connectivity index (χ2n) is 4.35. The lowest BCUT2D eigenvalue weighted by Crippen LogP contribution is -2.05. The fourth-order valence-electron chi connectivity index (χ4n) is 1.75. The van der Waals surface area contributed by atoms with Crippen LogP contribution < -0.4 is 10.1 Å². The molecule has 2 rings (SSSR count). The molecule has 0 aliphatic heterocycles. The van der Waals surface area contributed by atoms with Crippen molar-refractivity contribution in [2.45, 2.75) is 6.54 Å². The first-order valence-corrected chi connectivity index (χ1v) is 6.86. The van der Waals surface area contributed by atoms with Gasteiger partial charge >= 0.3 is 0 Å². The maximum Gasteiger partial charge on any atom is 0.121 e. The van der Waals surface area contributed by atoms with Gasteiger partial charge in [-0.1, -0.05) is 29.8 Å². The van der Waals surface area contributed by atoms with Gasteiger partial charge in [0, 0.05) is 30.4 Å². The van der Waals surface area contributed by atoms with Crippen molar-refractivity contribution in [2.75, 3.05) is 25.6 Å². The number of benzene rings is 2. The molecule has 1 N–H and O–H groups in total. The Morgan fingerprint density at radius 2 is 1.85 bits per heavy atom. The molecule has 0 heterocycles. The van der Waals surface area contributed by atoms with Crippen LogP contribution in [0.2, 0.25) is 5.02 Å². The molecule has 2 aromatic rings. The standard InChI is InChI=1S/C16H18ClNO2/c1-19-9-10-20-16-4-2-3-15(11-16)18-12-13-5-7-14(17)8-6-13/h2-8,11,18H,9-10,12H2,1H3. The summed E-state index contributed by atoms with van der Waals surface area (Å²) in [6.07, 6.45) is 0. The molecule has 20 heavy (non-hydrogen) atoms. The molecule has 3 nitrogen and oxygen atoms in total. The Bertz CT molecular complexity index is 528. The van der Waals surface area contributed by atoms with Crippen LogP contribution in [0.25, 0.3) is 0 Å². The third-order valence-corrected chi connectivity index (χ3v) is 3.05. The molecule has 2 aromatic carbocycles. The zero-order valence-corrected chi connectivity index (χ0v) is 12.2. The molecule has 0 amide bonds. The zero-order chi connectivity index (χ0) is 14.2. The van der Waals surface area contributed by atoms with Gasteiger partial charge in [-0.2, -0.15) is 0 Å². The highest BCUT2D eigenvalue weighted by atomic mass is 35.5. The highest BCUT2D eigenvalue weighted by Crippen LogP contribution is 2.18. The first-order chi connectivity index (χ1) is 9.78. The quantitative estimate of drug-likeness (QED) is 0.783. The second-order valence-corrected chi connectivity index (χ2v) is 4.79. The number of ether oxygens (including phenoxy) is 2. The molecular weight excluding hydrogens is 274 g/mol. The van der Waals surface area contributed by atoms with Gasteiger partial charge in [0.1, 0.15) is 12.4 Å². The normalized spacial score (nSPS) is 10.3. The lowest BCUT2D eigenvalue weighted by Gasteiger charge is -2.10. The number of hydrogen-bond acceptors (Lipinski definition) is 3. The minimum absolute atomic E-state index is 0.553. The molecule has 106 valence electrons. The fraction of sp³-hybridized carbons (Fsp3) is 0.250. The number of anilines is 1. The highest BCUT2D eigenvalue weighted by molar-refractivity contribution is 6.30. The summed E-state index contributed by atoms with van der Waals surface area (Å²) in [5, 5.41) is 4.11. The molecule has 0 aromatic heterocycles. The van der Waals surface area contributed by atoms with E-state index in [9.17, 15) is 0 Å². The topological polar surface area (TPSA) is 30.5 Å². The Hall–Kier alpha value is -1.71. The van der Waals surface area contributed by atoms with E-state index in [1.165, 1.54) is 5.56 Å². The maximum absolute atomic E-state index is 5.86. The Morgan fingerprint density at radius 1 is 1.05 bits per heavy atom. The molecule has 0 aliphatic rings. The highest BCUT2D eigenvalue weighted by Gasteiger charge is 1.98. The van der Waals surface area contributed by atoms with Crippen LogP contribution in [0, 0.1) is 0 Å². The molecule has 0 aliphatic carbocycles. The zero-order valence-electron chi connectivity index (χ0n) is 11.4. The molecule has 0 atom stereocenters. The van der Waals surface area contributed by atoms with Crippen molar-refractivity contribution < 1.29 is 9.47 Å². The molecule has 4 heteroatoms. The van der Waals surface area contributed by atoms with Crippen LogP contribution in [-0.4, -0.2) is 20.3 Å². The molecule has 0 bridgehead atoms. The average molecular weight is 292 g/mol. The summed E-state index contributed by atoms with van der Waals surface area (Å²) in [4.78, 5) is 0. The lowest BCUT2D eigenvalue weighted by atomic mass is 10.2. The number of halogens is 1. The fourth-order valence-corrected chi connectivity index (χ4v) is 1.87. The van der Waals surface area contributed by atoms with Crippen LogP contribution >= 0.6 is 11.6 Å². The number of rotatable bonds is 7. The van der Waals surface area contributed by atoms with E-state index in [4.69, 9.17) is 21.1 Å². The Labute approximate surface area is 124 Å². The molecule has 0 spiro atoms. The third-order valence-electron chi connectivity index (χ3n) is 2.80.